The van der Waals surface area contributed by atoms with E-state index in [0.717, 1.165) is 11.3 Å². The molecule has 0 spiro atoms. The van der Waals surface area contributed by atoms with E-state index in [0.29, 0.717) is 22.8 Å². The van der Waals surface area contributed by atoms with Gasteiger partial charge in [-0.25, -0.2) is 4.98 Å². The van der Waals surface area contributed by atoms with Gasteiger partial charge in [-0.1, -0.05) is 18.2 Å². The van der Waals surface area contributed by atoms with Crippen LogP contribution in [0.5, 0.6) is 5.75 Å². The second kappa shape index (κ2) is 7.91. The van der Waals surface area contributed by atoms with E-state index in [1.807, 2.05) is 37.3 Å². The zero-order valence-corrected chi connectivity index (χ0v) is 16.0. The first-order chi connectivity index (χ1) is 13.0. The highest BCUT2D eigenvalue weighted by atomic mass is 16.5. The van der Waals surface area contributed by atoms with Gasteiger partial charge in [0.2, 0.25) is 0 Å². The van der Waals surface area contributed by atoms with E-state index in [-0.39, 0.29) is 5.91 Å². The monoisotopic (exact) mass is 361 g/mol. The Hall–Kier alpha value is -3.34. The number of carbonyl (C=O) groups excluding carboxylic acids is 1. The van der Waals surface area contributed by atoms with Crippen LogP contribution in [0.15, 0.2) is 54.7 Å². The number of methoxy groups -OCH3 is 1. The molecule has 2 aromatic carbocycles. The molecule has 2 N–H and O–H groups in total. The molecule has 0 unspecified atom stereocenters. The highest BCUT2D eigenvalue weighted by molar-refractivity contribution is 6.05. The van der Waals surface area contributed by atoms with Crippen molar-refractivity contribution in [1.82, 2.24) is 4.98 Å². The molecule has 1 heterocycles. The number of ether oxygens (including phenoxy) is 1. The average Bonchev–Trinajstić information content (AvgIpc) is 2.66. The molecule has 138 valence electrons. The van der Waals surface area contributed by atoms with E-state index in [1.54, 1.807) is 25.4 Å². The van der Waals surface area contributed by atoms with Crippen LogP contribution in [-0.2, 0) is 0 Å². The maximum atomic E-state index is 12.5. The number of benzene rings is 2. The predicted octanol–water partition coefficient (Wildman–Crippen LogP) is 5.01. The lowest BCUT2D eigenvalue weighted by Gasteiger charge is -2.12. The molecule has 3 aromatic rings. The molecular weight excluding hydrogens is 338 g/mol. The largest absolute Gasteiger partial charge is 0.495 e. The van der Waals surface area contributed by atoms with E-state index in [2.05, 4.69) is 35.5 Å². The fourth-order valence-corrected chi connectivity index (χ4v) is 2.74. The van der Waals surface area contributed by atoms with Crippen LogP contribution in [0.2, 0.25) is 0 Å². The quantitative estimate of drug-likeness (QED) is 0.670. The molecule has 0 aliphatic heterocycles. The zero-order valence-electron chi connectivity index (χ0n) is 16.0. The second-order valence-electron chi connectivity index (χ2n) is 6.46. The molecule has 5 nitrogen and oxygen atoms in total. The number of hydrogen-bond acceptors (Lipinski definition) is 4. The molecule has 0 aliphatic carbocycles. The van der Waals surface area contributed by atoms with Crippen molar-refractivity contribution < 1.29 is 9.53 Å². The topological polar surface area (TPSA) is 63.2 Å². The van der Waals surface area contributed by atoms with Crippen molar-refractivity contribution in [2.75, 3.05) is 17.7 Å². The van der Waals surface area contributed by atoms with Gasteiger partial charge in [0.25, 0.3) is 5.91 Å². The summed E-state index contributed by atoms with van der Waals surface area (Å²) in [5.74, 6) is 1.08. The summed E-state index contributed by atoms with van der Waals surface area (Å²) < 4.78 is 5.30. The van der Waals surface area contributed by atoms with Crippen LogP contribution in [-0.4, -0.2) is 18.0 Å². The van der Waals surface area contributed by atoms with Gasteiger partial charge in [0.1, 0.15) is 11.6 Å². The lowest BCUT2D eigenvalue weighted by Crippen LogP contribution is -2.13. The lowest BCUT2D eigenvalue weighted by atomic mass is 10.1. The van der Waals surface area contributed by atoms with Crippen molar-refractivity contribution in [1.29, 1.82) is 0 Å². The molecule has 0 bridgehead atoms. The molecule has 27 heavy (non-hydrogen) atoms. The Labute approximate surface area is 159 Å². The Morgan fingerprint density at radius 3 is 2.52 bits per heavy atom. The van der Waals surface area contributed by atoms with Crippen LogP contribution < -0.4 is 15.4 Å². The van der Waals surface area contributed by atoms with Gasteiger partial charge < -0.3 is 15.4 Å². The fraction of sp³-hybridized carbons (Fsp3) is 0.182. The number of aromatic nitrogens is 1. The Kier molecular flexibility index (Phi) is 5.41. The summed E-state index contributed by atoms with van der Waals surface area (Å²) in [6, 6.07) is 15.3. The first-order valence-electron chi connectivity index (χ1n) is 8.73. The molecule has 3 rings (SSSR count). The SMILES string of the molecule is COc1ccc(C)cc1NC(=O)c1ccc(Nc2cccc(C)c2C)nc1. The second-order valence-corrected chi connectivity index (χ2v) is 6.46. The van der Waals surface area contributed by atoms with Gasteiger partial charge in [0.05, 0.1) is 18.4 Å². The predicted molar refractivity (Wildman–Crippen MR) is 109 cm³/mol. The number of aryl methyl sites for hydroxylation is 2. The summed E-state index contributed by atoms with van der Waals surface area (Å²) in [6.45, 7) is 6.10. The molecule has 5 heteroatoms. The van der Waals surface area contributed by atoms with Gasteiger partial charge in [-0.15, -0.1) is 0 Å². The number of carbonyl (C=O) groups is 1. The van der Waals surface area contributed by atoms with Crippen molar-refractivity contribution in [2.45, 2.75) is 20.8 Å². The Morgan fingerprint density at radius 1 is 1.00 bits per heavy atom. The summed E-state index contributed by atoms with van der Waals surface area (Å²) in [4.78, 5) is 16.9. The van der Waals surface area contributed by atoms with Crippen molar-refractivity contribution in [3.05, 3.63) is 77.0 Å². The summed E-state index contributed by atoms with van der Waals surface area (Å²) >= 11 is 0. The van der Waals surface area contributed by atoms with Crippen LogP contribution in [0.3, 0.4) is 0 Å². The maximum absolute atomic E-state index is 12.5. The van der Waals surface area contributed by atoms with Gasteiger partial charge in [-0.2, -0.15) is 0 Å². The first kappa shape index (κ1) is 18.5. The van der Waals surface area contributed by atoms with Crippen molar-refractivity contribution in [2.24, 2.45) is 0 Å². The first-order valence-corrected chi connectivity index (χ1v) is 8.73. The number of nitrogens with one attached hydrogen (secondary N) is 2. The minimum absolute atomic E-state index is 0.232. The van der Waals surface area contributed by atoms with Gasteiger partial charge in [0.15, 0.2) is 0 Å². The molecule has 0 saturated heterocycles. The summed E-state index contributed by atoms with van der Waals surface area (Å²) in [7, 11) is 1.58. The number of pyridine rings is 1. The summed E-state index contributed by atoms with van der Waals surface area (Å²) in [6.07, 6.45) is 1.56. The highest BCUT2D eigenvalue weighted by Crippen LogP contribution is 2.26. The Bertz CT molecular complexity index is 966. The Balaban J connectivity index is 1.74. The van der Waals surface area contributed by atoms with E-state index in [1.165, 1.54) is 11.1 Å². The van der Waals surface area contributed by atoms with Crippen LogP contribution in [0.25, 0.3) is 0 Å². The third-order valence-corrected chi connectivity index (χ3v) is 4.50. The molecule has 0 aliphatic rings. The fourth-order valence-electron chi connectivity index (χ4n) is 2.74. The number of nitrogens with zero attached hydrogens (tertiary/aromatic N) is 1. The van der Waals surface area contributed by atoms with E-state index in [4.69, 9.17) is 4.74 Å². The maximum Gasteiger partial charge on any atom is 0.257 e. The van der Waals surface area contributed by atoms with Gasteiger partial charge in [-0.3, -0.25) is 4.79 Å². The minimum Gasteiger partial charge on any atom is -0.495 e. The standard InChI is InChI=1S/C22H23N3O2/c1-14-8-10-20(27-4)19(12-14)25-22(26)17-9-11-21(23-13-17)24-18-7-5-6-15(2)16(18)3/h5-13H,1-4H3,(H,23,24)(H,25,26). The molecule has 0 fully saturated rings. The lowest BCUT2D eigenvalue weighted by molar-refractivity contribution is 0.102. The van der Waals surface area contributed by atoms with E-state index >= 15 is 0 Å². The van der Waals surface area contributed by atoms with Gasteiger partial charge in [-0.05, 0) is 67.8 Å². The number of hydrogen-bond donors (Lipinski definition) is 2. The number of amides is 1. The van der Waals surface area contributed by atoms with Gasteiger partial charge >= 0.3 is 0 Å². The minimum atomic E-state index is -0.232. The number of rotatable bonds is 5. The van der Waals surface area contributed by atoms with Crippen molar-refractivity contribution in [3.63, 3.8) is 0 Å². The molecule has 0 radical (unpaired) electrons. The van der Waals surface area contributed by atoms with Crippen LogP contribution >= 0.6 is 0 Å². The van der Waals surface area contributed by atoms with Crippen LogP contribution in [0, 0.1) is 20.8 Å². The third kappa shape index (κ3) is 4.26. The van der Waals surface area contributed by atoms with Crippen LogP contribution in [0.4, 0.5) is 17.2 Å². The molecule has 1 aromatic heterocycles. The molecule has 1 amide bonds. The third-order valence-electron chi connectivity index (χ3n) is 4.50. The van der Waals surface area contributed by atoms with Crippen molar-refractivity contribution >= 4 is 23.1 Å². The summed E-state index contributed by atoms with van der Waals surface area (Å²) in [5.41, 5.74) is 5.54. The Morgan fingerprint density at radius 2 is 1.81 bits per heavy atom. The molecule has 0 saturated carbocycles. The number of anilines is 3. The summed E-state index contributed by atoms with van der Waals surface area (Å²) in [5, 5.41) is 6.17. The van der Waals surface area contributed by atoms with E-state index in [9.17, 15) is 4.79 Å². The highest BCUT2D eigenvalue weighted by Gasteiger charge is 2.11. The van der Waals surface area contributed by atoms with Crippen LogP contribution in [0.1, 0.15) is 27.0 Å². The normalized spacial score (nSPS) is 10.4. The smallest absolute Gasteiger partial charge is 0.257 e. The van der Waals surface area contributed by atoms with Crippen molar-refractivity contribution in [3.8, 4) is 5.75 Å². The molecular formula is C22H23N3O2. The van der Waals surface area contributed by atoms with Gasteiger partial charge in [0, 0.05) is 11.9 Å². The molecule has 0 atom stereocenters. The van der Waals surface area contributed by atoms with E-state index < -0.39 is 0 Å². The average molecular weight is 361 g/mol. The zero-order chi connectivity index (χ0) is 19.4.